The molecule has 0 saturated heterocycles. The van der Waals surface area contributed by atoms with Crippen molar-refractivity contribution in [2.75, 3.05) is 0 Å². The molecular weight excluding hydrogens is 190 g/mol. The molecular formula is C12H19NO2. The summed E-state index contributed by atoms with van der Waals surface area (Å²) in [6.07, 6.45) is 5.25. The van der Waals surface area contributed by atoms with Crippen molar-refractivity contribution < 1.29 is 9.90 Å². The van der Waals surface area contributed by atoms with E-state index in [9.17, 15) is 9.90 Å². The number of amides is 1. The first-order chi connectivity index (χ1) is 7.06. The van der Waals surface area contributed by atoms with Gasteiger partial charge in [-0.1, -0.05) is 0 Å². The largest absolute Gasteiger partial charge is 0.390 e. The van der Waals surface area contributed by atoms with Crippen LogP contribution in [0.5, 0.6) is 0 Å². The molecule has 4 fully saturated rings. The third kappa shape index (κ3) is 1.48. The molecule has 4 saturated carbocycles. The van der Waals surface area contributed by atoms with Crippen LogP contribution in [0.25, 0.3) is 0 Å². The van der Waals surface area contributed by atoms with E-state index in [0.717, 1.165) is 25.2 Å². The second kappa shape index (κ2) is 2.97. The molecule has 84 valence electrons. The Morgan fingerprint density at radius 3 is 2.33 bits per heavy atom. The van der Waals surface area contributed by atoms with Crippen LogP contribution in [0.4, 0.5) is 0 Å². The summed E-state index contributed by atoms with van der Waals surface area (Å²) in [7, 11) is 0. The lowest BCUT2D eigenvalue weighted by Gasteiger charge is -2.58. The molecule has 0 heterocycles. The van der Waals surface area contributed by atoms with E-state index in [2.05, 4.69) is 5.32 Å². The van der Waals surface area contributed by atoms with Crippen molar-refractivity contribution in [3.8, 4) is 0 Å². The lowest BCUT2D eigenvalue weighted by molar-refractivity contribution is -0.145. The summed E-state index contributed by atoms with van der Waals surface area (Å²) < 4.78 is 0. The maximum atomic E-state index is 11.1. The van der Waals surface area contributed by atoms with Crippen LogP contribution in [0, 0.1) is 17.8 Å². The number of carbonyl (C=O) groups is 1. The first-order valence-corrected chi connectivity index (χ1v) is 6.05. The highest BCUT2D eigenvalue weighted by molar-refractivity contribution is 5.73. The van der Waals surface area contributed by atoms with Crippen molar-refractivity contribution in [1.29, 1.82) is 0 Å². The van der Waals surface area contributed by atoms with Gasteiger partial charge in [0.05, 0.1) is 5.60 Å². The third-order valence-corrected chi connectivity index (χ3v) is 4.61. The standard InChI is InChI=1S/C12H19NO2/c1-7(14)13-11-9-2-8-3-10(11)6-12(15,4-8)5-9/h8-11,15H,2-6H2,1H3,(H,13,14)/t8?,9?,10?,11-,12-. The quantitative estimate of drug-likeness (QED) is 0.678. The van der Waals surface area contributed by atoms with Crippen LogP contribution in [0.15, 0.2) is 0 Å². The molecule has 0 aromatic rings. The van der Waals surface area contributed by atoms with Gasteiger partial charge in [-0.05, 0) is 49.9 Å². The maximum Gasteiger partial charge on any atom is 0.217 e. The fourth-order valence-electron chi connectivity index (χ4n) is 4.45. The fraction of sp³-hybridized carbons (Fsp3) is 0.917. The third-order valence-electron chi connectivity index (χ3n) is 4.61. The second-order valence-electron chi connectivity index (χ2n) is 5.92. The highest BCUT2D eigenvalue weighted by Crippen LogP contribution is 2.55. The van der Waals surface area contributed by atoms with E-state index in [4.69, 9.17) is 0 Å². The summed E-state index contributed by atoms with van der Waals surface area (Å²) in [4.78, 5) is 11.1. The van der Waals surface area contributed by atoms with Gasteiger partial charge >= 0.3 is 0 Å². The Kier molecular flexibility index (Phi) is 1.91. The average Bonchev–Trinajstić information content (AvgIpc) is 2.08. The Morgan fingerprint density at radius 1 is 1.27 bits per heavy atom. The topological polar surface area (TPSA) is 49.3 Å². The molecule has 2 atom stereocenters. The number of hydrogen-bond donors (Lipinski definition) is 2. The van der Waals surface area contributed by atoms with Crippen molar-refractivity contribution in [2.24, 2.45) is 17.8 Å². The molecule has 0 aromatic heterocycles. The zero-order chi connectivity index (χ0) is 10.6. The first kappa shape index (κ1) is 9.64. The summed E-state index contributed by atoms with van der Waals surface area (Å²) in [5, 5.41) is 13.4. The number of carbonyl (C=O) groups excluding carboxylic acids is 1. The molecule has 3 heteroatoms. The van der Waals surface area contributed by atoms with Crippen LogP contribution in [0.2, 0.25) is 0 Å². The van der Waals surface area contributed by atoms with Gasteiger partial charge in [-0.2, -0.15) is 0 Å². The van der Waals surface area contributed by atoms with Crippen molar-refractivity contribution in [3.05, 3.63) is 0 Å². The molecule has 2 unspecified atom stereocenters. The molecule has 0 aromatic carbocycles. The number of rotatable bonds is 1. The van der Waals surface area contributed by atoms with Gasteiger partial charge < -0.3 is 10.4 Å². The molecule has 0 aliphatic heterocycles. The number of nitrogens with one attached hydrogen (secondary N) is 1. The molecule has 15 heavy (non-hydrogen) atoms. The summed E-state index contributed by atoms with van der Waals surface area (Å²) in [6.45, 7) is 1.60. The van der Waals surface area contributed by atoms with E-state index in [1.165, 1.54) is 12.8 Å². The van der Waals surface area contributed by atoms with Crippen LogP contribution in [0.3, 0.4) is 0 Å². The van der Waals surface area contributed by atoms with Crippen LogP contribution < -0.4 is 5.32 Å². The van der Waals surface area contributed by atoms with Gasteiger partial charge in [0, 0.05) is 13.0 Å². The molecule has 1 amide bonds. The van der Waals surface area contributed by atoms with E-state index in [1.807, 2.05) is 0 Å². The monoisotopic (exact) mass is 209 g/mol. The lowest BCUT2D eigenvalue weighted by atomic mass is 9.52. The van der Waals surface area contributed by atoms with Crippen molar-refractivity contribution in [1.82, 2.24) is 5.32 Å². The average molecular weight is 209 g/mol. The van der Waals surface area contributed by atoms with E-state index >= 15 is 0 Å². The van der Waals surface area contributed by atoms with Crippen molar-refractivity contribution in [2.45, 2.75) is 50.7 Å². The van der Waals surface area contributed by atoms with Crippen LogP contribution in [0.1, 0.15) is 39.0 Å². The molecule has 2 N–H and O–H groups in total. The Bertz CT molecular complexity index is 286. The molecule has 0 spiro atoms. The zero-order valence-corrected chi connectivity index (χ0v) is 9.20. The molecule has 4 bridgehead atoms. The minimum absolute atomic E-state index is 0.0828. The zero-order valence-electron chi connectivity index (χ0n) is 9.20. The van der Waals surface area contributed by atoms with Gasteiger partial charge in [0.2, 0.25) is 5.91 Å². The number of hydrogen-bond acceptors (Lipinski definition) is 2. The van der Waals surface area contributed by atoms with Gasteiger partial charge in [0.25, 0.3) is 0 Å². The van der Waals surface area contributed by atoms with Gasteiger partial charge in [0.15, 0.2) is 0 Å². The highest BCUT2D eigenvalue weighted by atomic mass is 16.3. The Hall–Kier alpha value is -0.570. The van der Waals surface area contributed by atoms with E-state index < -0.39 is 0 Å². The molecule has 4 aliphatic rings. The van der Waals surface area contributed by atoms with E-state index in [0.29, 0.717) is 17.9 Å². The van der Waals surface area contributed by atoms with Crippen LogP contribution in [-0.4, -0.2) is 22.7 Å². The molecule has 4 rings (SSSR count). The number of aliphatic hydroxyl groups is 1. The van der Waals surface area contributed by atoms with Crippen molar-refractivity contribution >= 4 is 5.91 Å². The highest BCUT2D eigenvalue weighted by Gasteiger charge is 2.54. The smallest absolute Gasteiger partial charge is 0.217 e. The molecule has 4 aliphatic carbocycles. The van der Waals surface area contributed by atoms with Crippen LogP contribution >= 0.6 is 0 Å². The summed E-state index contributed by atoms with van der Waals surface area (Å²) in [6, 6.07) is 0.347. The van der Waals surface area contributed by atoms with Gasteiger partial charge in [-0.3, -0.25) is 4.79 Å². The Labute approximate surface area is 90.2 Å². The Balaban J connectivity index is 1.82. The minimum Gasteiger partial charge on any atom is -0.390 e. The first-order valence-electron chi connectivity index (χ1n) is 6.05. The van der Waals surface area contributed by atoms with Gasteiger partial charge in [-0.25, -0.2) is 0 Å². The predicted molar refractivity (Wildman–Crippen MR) is 56.1 cm³/mol. The normalized spacial score (nSPS) is 51.9. The summed E-state index contributed by atoms with van der Waals surface area (Å²) in [5.41, 5.74) is -0.383. The fourth-order valence-corrected chi connectivity index (χ4v) is 4.45. The Morgan fingerprint density at radius 2 is 1.87 bits per heavy atom. The molecule has 0 radical (unpaired) electrons. The van der Waals surface area contributed by atoms with Gasteiger partial charge in [-0.15, -0.1) is 0 Å². The minimum atomic E-state index is -0.383. The van der Waals surface area contributed by atoms with E-state index in [-0.39, 0.29) is 11.5 Å². The SMILES string of the molecule is CC(=O)N[C@H]1C2CC3CC1C[C@](O)(C3)C2. The summed E-state index contributed by atoms with van der Waals surface area (Å²) >= 11 is 0. The summed E-state index contributed by atoms with van der Waals surface area (Å²) in [5.74, 6) is 1.87. The predicted octanol–water partition coefficient (Wildman–Crippen LogP) is 1.06. The van der Waals surface area contributed by atoms with Gasteiger partial charge in [0.1, 0.15) is 0 Å². The van der Waals surface area contributed by atoms with Crippen LogP contribution in [-0.2, 0) is 4.79 Å². The lowest BCUT2D eigenvalue weighted by Crippen LogP contribution is -2.61. The maximum absolute atomic E-state index is 11.1. The van der Waals surface area contributed by atoms with E-state index in [1.54, 1.807) is 6.92 Å². The molecule has 3 nitrogen and oxygen atoms in total. The van der Waals surface area contributed by atoms with Crippen molar-refractivity contribution in [3.63, 3.8) is 0 Å². The second-order valence-corrected chi connectivity index (χ2v) is 5.92.